The molecule has 30 heavy (non-hydrogen) atoms. The lowest BCUT2D eigenvalue weighted by Gasteiger charge is -2.25. The first-order chi connectivity index (χ1) is 14.4. The van der Waals surface area contributed by atoms with Gasteiger partial charge in [0.2, 0.25) is 6.10 Å². The fraction of sp³-hybridized carbons (Fsp3) is 0.100. The van der Waals surface area contributed by atoms with Crippen LogP contribution < -0.4 is 14.9 Å². The predicted molar refractivity (Wildman–Crippen MR) is 112 cm³/mol. The molecule has 0 aromatic heterocycles. The smallest absolute Gasteiger partial charge is 0.284 e. The monoisotopic (exact) mass is 471 g/mol. The largest absolute Gasteiger partial charge is 0.506 e. The van der Waals surface area contributed by atoms with Crippen molar-refractivity contribution in [2.75, 3.05) is 6.61 Å². The van der Waals surface area contributed by atoms with Crippen LogP contribution in [0.2, 0.25) is 0 Å². The lowest BCUT2D eigenvalue weighted by molar-refractivity contribution is -0.385. The van der Waals surface area contributed by atoms with E-state index < -0.39 is 16.9 Å². The number of hydrazone groups is 1. The summed E-state index contributed by atoms with van der Waals surface area (Å²) in [5.41, 5.74) is 2.12. The van der Waals surface area contributed by atoms with Crippen LogP contribution in [-0.4, -0.2) is 34.9 Å². The Morgan fingerprint density at radius 2 is 1.93 bits per heavy atom. The molecule has 10 heteroatoms. The van der Waals surface area contributed by atoms with Crippen molar-refractivity contribution < 1.29 is 24.3 Å². The molecule has 3 aromatic carbocycles. The minimum Gasteiger partial charge on any atom is -0.506 e. The first-order valence-electron chi connectivity index (χ1n) is 8.74. The average molecular weight is 472 g/mol. The lowest BCUT2D eigenvalue weighted by Crippen LogP contribution is -2.42. The summed E-state index contributed by atoms with van der Waals surface area (Å²) in [6, 6.07) is 13.6. The summed E-state index contributed by atoms with van der Waals surface area (Å²) in [6.45, 7) is 0.000298. The Kier molecular flexibility index (Phi) is 5.23. The molecule has 0 bridgehead atoms. The van der Waals surface area contributed by atoms with E-state index in [2.05, 4.69) is 26.5 Å². The highest BCUT2D eigenvalue weighted by Crippen LogP contribution is 2.36. The van der Waals surface area contributed by atoms with Gasteiger partial charge >= 0.3 is 0 Å². The molecule has 152 valence electrons. The topological polar surface area (TPSA) is 123 Å². The van der Waals surface area contributed by atoms with Gasteiger partial charge in [-0.15, -0.1) is 0 Å². The summed E-state index contributed by atoms with van der Waals surface area (Å²) in [5.74, 6) is 0.197. The van der Waals surface area contributed by atoms with Crippen molar-refractivity contribution in [2.24, 2.45) is 5.10 Å². The summed E-state index contributed by atoms with van der Waals surface area (Å²) in [4.78, 5) is 22.7. The molecule has 1 amide bonds. The third kappa shape index (κ3) is 3.90. The van der Waals surface area contributed by atoms with E-state index in [9.17, 15) is 20.0 Å². The Hall–Kier alpha value is -3.66. The zero-order valence-electron chi connectivity index (χ0n) is 15.2. The van der Waals surface area contributed by atoms with Gasteiger partial charge in [0.1, 0.15) is 12.4 Å². The van der Waals surface area contributed by atoms with Crippen molar-refractivity contribution in [2.45, 2.75) is 6.10 Å². The van der Waals surface area contributed by atoms with Crippen LogP contribution in [0.5, 0.6) is 17.2 Å². The van der Waals surface area contributed by atoms with E-state index >= 15 is 0 Å². The number of nitro groups is 1. The third-order valence-electron chi connectivity index (χ3n) is 4.43. The molecular weight excluding hydrogens is 458 g/mol. The summed E-state index contributed by atoms with van der Waals surface area (Å²) in [7, 11) is 0. The fourth-order valence-electron chi connectivity index (χ4n) is 2.93. The maximum atomic E-state index is 12.4. The Morgan fingerprint density at radius 1 is 1.23 bits per heavy atom. The fourth-order valence-corrected chi connectivity index (χ4v) is 3.40. The van der Waals surface area contributed by atoms with E-state index in [1.165, 1.54) is 6.07 Å². The van der Waals surface area contributed by atoms with Gasteiger partial charge in [0.05, 0.1) is 15.6 Å². The molecule has 3 aromatic rings. The maximum Gasteiger partial charge on any atom is 0.284 e. The quantitative estimate of drug-likeness (QED) is 0.341. The average Bonchev–Trinajstić information content (AvgIpc) is 2.74. The first kappa shape index (κ1) is 19.6. The van der Waals surface area contributed by atoms with E-state index in [1.807, 2.05) is 30.3 Å². The molecule has 4 rings (SSSR count). The van der Waals surface area contributed by atoms with Gasteiger partial charge in [0, 0.05) is 17.7 Å². The molecule has 1 heterocycles. The van der Waals surface area contributed by atoms with Gasteiger partial charge in [-0.3, -0.25) is 14.9 Å². The number of phenolic OH excluding ortho intramolecular Hbond substituents is 1. The number of carbonyl (C=O) groups excluding carboxylic acids is 1. The number of amides is 1. The van der Waals surface area contributed by atoms with Crippen molar-refractivity contribution in [3.63, 3.8) is 0 Å². The van der Waals surface area contributed by atoms with Crippen LogP contribution in [-0.2, 0) is 4.79 Å². The molecule has 1 aliphatic rings. The number of nitrogens with one attached hydrogen (secondary N) is 1. The van der Waals surface area contributed by atoms with E-state index in [0.29, 0.717) is 11.5 Å². The standard InChI is InChI=1S/C20H14BrN3O6/c21-15-8-14(24(27)28)5-13(19(15)25)9-22-23-20(26)18-10-29-16-6-11-3-1-2-4-12(11)7-17(16)30-18/h1-9,18,25H,10H2,(H,23,26). The number of nitrogens with zero attached hydrogens (tertiary/aromatic N) is 2. The van der Waals surface area contributed by atoms with E-state index in [4.69, 9.17) is 9.47 Å². The number of halogens is 1. The molecule has 1 atom stereocenters. The van der Waals surface area contributed by atoms with Crippen LogP contribution in [0.25, 0.3) is 10.8 Å². The summed E-state index contributed by atoms with van der Waals surface area (Å²) in [6.07, 6.45) is 0.178. The Bertz CT molecular complexity index is 1200. The molecule has 0 saturated carbocycles. The van der Waals surface area contributed by atoms with Crippen molar-refractivity contribution in [3.8, 4) is 17.2 Å². The minimum atomic E-state index is -0.929. The number of rotatable bonds is 4. The van der Waals surface area contributed by atoms with Gasteiger partial charge in [-0.25, -0.2) is 5.43 Å². The molecular formula is C20H14BrN3O6. The summed E-state index contributed by atoms with van der Waals surface area (Å²) in [5, 5.41) is 26.6. The van der Waals surface area contributed by atoms with Crippen molar-refractivity contribution in [1.82, 2.24) is 5.43 Å². The van der Waals surface area contributed by atoms with E-state index in [1.54, 1.807) is 6.07 Å². The van der Waals surface area contributed by atoms with Gasteiger partial charge < -0.3 is 14.6 Å². The number of hydrogen-bond acceptors (Lipinski definition) is 7. The first-order valence-corrected chi connectivity index (χ1v) is 9.54. The number of hydrogen-bond donors (Lipinski definition) is 2. The van der Waals surface area contributed by atoms with E-state index in [-0.39, 0.29) is 28.1 Å². The van der Waals surface area contributed by atoms with Crippen LogP contribution in [0.1, 0.15) is 5.56 Å². The molecule has 0 saturated heterocycles. The Morgan fingerprint density at radius 3 is 2.63 bits per heavy atom. The molecule has 9 nitrogen and oxygen atoms in total. The van der Waals surface area contributed by atoms with Crippen LogP contribution in [0.4, 0.5) is 5.69 Å². The molecule has 1 aliphatic heterocycles. The number of fused-ring (bicyclic) bond motifs is 2. The molecule has 0 aliphatic carbocycles. The number of carbonyl (C=O) groups is 1. The second-order valence-corrected chi connectivity index (χ2v) is 7.27. The number of phenols is 1. The van der Waals surface area contributed by atoms with Crippen LogP contribution in [0.15, 0.2) is 58.1 Å². The maximum absolute atomic E-state index is 12.4. The lowest BCUT2D eigenvalue weighted by atomic mass is 10.1. The highest BCUT2D eigenvalue weighted by atomic mass is 79.9. The number of ether oxygens (including phenoxy) is 2. The van der Waals surface area contributed by atoms with Crippen LogP contribution >= 0.6 is 15.9 Å². The van der Waals surface area contributed by atoms with E-state index in [0.717, 1.165) is 23.1 Å². The van der Waals surface area contributed by atoms with Crippen molar-refractivity contribution in [3.05, 3.63) is 68.7 Å². The second-order valence-electron chi connectivity index (χ2n) is 6.42. The van der Waals surface area contributed by atoms with Gasteiger partial charge in [-0.05, 0) is 38.8 Å². The number of nitro benzene ring substituents is 1. The number of benzene rings is 3. The van der Waals surface area contributed by atoms with Crippen LogP contribution in [0, 0.1) is 10.1 Å². The van der Waals surface area contributed by atoms with Crippen molar-refractivity contribution >= 4 is 44.5 Å². The SMILES string of the molecule is O=C(NN=Cc1cc([N+](=O)[O-])cc(Br)c1O)C1COc2cc3ccccc3cc2O1. The van der Waals surface area contributed by atoms with Gasteiger partial charge in [0.15, 0.2) is 11.5 Å². The highest BCUT2D eigenvalue weighted by molar-refractivity contribution is 9.10. The Labute approximate surface area is 178 Å². The molecule has 2 N–H and O–H groups in total. The normalized spacial score (nSPS) is 15.3. The molecule has 0 radical (unpaired) electrons. The van der Waals surface area contributed by atoms with Crippen LogP contribution in [0.3, 0.4) is 0 Å². The summed E-state index contributed by atoms with van der Waals surface area (Å²) < 4.78 is 11.5. The van der Waals surface area contributed by atoms with Crippen molar-refractivity contribution in [1.29, 1.82) is 0 Å². The molecule has 1 unspecified atom stereocenters. The van der Waals surface area contributed by atoms with Gasteiger partial charge in [0.25, 0.3) is 11.6 Å². The Balaban J connectivity index is 1.46. The summed E-state index contributed by atoms with van der Waals surface area (Å²) >= 11 is 3.04. The second kappa shape index (κ2) is 7.99. The zero-order valence-corrected chi connectivity index (χ0v) is 16.8. The minimum absolute atomic E-state index is 0.000298. The highest BCUT2D eigenvalue weighted by Gasteiger charge is 2.27. The molecule has 0 spiro atoms. The number of non-ortho nitro benzene ring substituents is 1. The number of aromatic hydroxyl groups is 1. The predicted octanol–water partition coefficient (Wildman–Crippen LogP) is 3.51. The zero-order chi connectivity index (χ0) is 21.3. The van der Waals surface area contributed by atoms with Gasteiger partial charge in [-0.2, -0.15) is 5.10 Å². The molecule has 0 fully saturated rings. The van der Waals surface area contributed by atoms with Gasteiger partial charge in [-0.1, -0.05) is 24.3 Å². The third-order valence-corrected chi connectivity index (χ3v) is 5.04.